The third-order valence-electron chi connectivity index (χ3n) is 2.94. The van der Waals surface area contributed by atoms with Crippen molar-refractivity contribution in [3.63, 3.8) is 0 Å². The topological polar surface area (TPSA) is 59.4 Å². The van der Waals surface area contributed by atoms with Crippen LogP contribution in [-0.2, 0) is 11.2 Å². The largest absolute Gasteiger partial charge is 0.497 e. The molecule has 1 unspecified atom stereocenters. The molecule has 2 aromatic rings. The Bertz CT molecular complexity index is 537. The van der Waals surface area contributed by atoms with Gasteiger partial charge in [0.05, 0.1) is 12.8 Å². The van der Waals surface area contributed by atoms with Crippen molar-refractivity contribution >= 4 is 5.97 Å². The minimum absolute atomic E-state index is 0.413. The molecular weight excluding hydrogens is 242 g/mol. The molecule has 0 spiro atoms. The highest BCUT2D eigenvalue weighted by Gasteiger charge is 2.21. The van der Waals surface area contributed by atoms with E-state index in [1.807, 2.05) is 24.3 Å². The van der Waals surface area contributed by atoms with Crippen molar-refractivity contribution in [1.82, 2.24) is 4.98 Å². The van der Waals surface area contributed by atoms with Crippen molar-refractivity contribution in [2.45, 2.75) is 12.3 Å². The number of aromatic nitrogens is 1. The molecule has 0 saturated heterocycles. The van der Waals surface area contributed by atoms with E-state index in [0.29, 0.717) is 12.1 Å². The van der Waals surface area contributed by atoms with Gasteiger partial charge in [0.1, 0.15) is 11.7 Å². The fraction of sp³-hybridized carbons (Fsp3) is 0.200. The molecular formula is C15H15NO3. The van der Waals surface area contributed by atoms with E-state index in [0.717, 1.165) is 11.3 Å². The Morgan fingerprint density at radius 3 is 2.53 bits per heavy atom. The average Bonchev–Trinajstić information content (AvgIpc) is 2.46. The molecule has 0 amide bonds. The molecule has 4 nitrogen and oxygen atoms in total. The molecule has 1 heterocycles. The summed E-state index contributed by atoms with van der Waals surface area (Å²) in [6, 6.07) is 12.7. The summed E-state index contributed by atoms with van der Waals surface area (Å²) >= 11 is 0. The van der Waals surface area contributed by atoms with Crippen LogP contribution in [-0.4, -0.2) is 23.2 Å². The summed E-state index contributed by atoms with van der Waals surface area (Å²) < 4.78 is 5.08. The van der Waals surface area contributed by atoms with Crippen molar-refractivity contribution in [3.05, 3.63) is 59.9 Å². The molecule has 0 fully saturated rings. The molecule has 0 radical (unpaired) electrons. The van der Waals surface area contributed by atoms with Gasteiger partial charge in [-0.05, 0) is 36.2 Å². The minimum Gasteiger partial charge on any atom is -0.497 e. The first kappa shape index (κ1) is 13.1. The van der Waals surface area contributed by atoms with E-state index in [1.165, 1.54) is 0 Å². The minimum atomic E-state index is -0.866. The van der Waals surface area contributed by atoms with Gasteiger partial charge in [-0.3, -0.25) is 9.78 Å². The van der Waals surface area contributed by atoms with E-state index in [2.05, 4.69) is 4.98 Å². The molecule has 1 aromatic heterocycles. The summed E-state index contributed by atoms with van der Waals surface area (Å²) in [5, 5.41) is 9.32. The second-order valence-corrected chi connectivity index (χ2v) is 4.20. The SMILES string of the molecule is COc1ccc(CC(C(=O)O)c2ccccn2)cc1. The smallest absolute Gasteiger partial charge is 0.312 e. The fourth-order valence-electron chi connectivity index (χ4n) is 1.90. The lowest BCUT2D eigenvalue weighted by Gasteiger charge is -2.12. The summed E-state index contributed by atoms with van der Waals surface area (Å²) in [6.07, 6.45) is 2.02. The fourth-order valence-corrected chi connectivity index (χ4v) is 1.90. The second kappa shape index (κ2) is 6.00. The van der Waals surface area contributed by atoms with Gasteiger partial charge in [-0.1, -0.05) is 18.2 Å². The number of hydrogen-bond donors (Lipinski definition) is 1. The first-order chi connectivity index (χ1) is 9.20. The van der Waals surface area contributed by atoms with Crippen LogP contribution in [0.5, 0.6) is 5.75 Å². The number of pyridine rings is 1. The molecule has 0 aliphatic carbocycles. The highest BCUT2D eigenvalue weighted by atomic mass is 16.5. The molecule has 98 valence electrons. The molecule has 4 heteroatoms. The molecule has 1 aromatic carbocycles. The summed E-state index contributed by atoms with van der Waals surface area (Å²) in [6.45, 7) is 0. The lowest BCUT2D eigenvalue weighted by Crippen LogP contribution is -2.15. The zero-order chi connectivity index (χ0) is 13.7. The van der Waals surface area contributed by atoms with Crippen LogP contribution in [0.15, 0.2) is 48.7 Å². The number of nitrogens with zero attached hydrogens (tertiary/aromatic N) is 1. The number of carboxylic acids is 1. The highest BCUT2D eigenvalue weighted by molar-refractivity contribution is 5.75. The standard InChI is InChI=1S/C15H15NO3/c1-19-12-7-5-11(6-8-12)10-13(15(17)18)14-4-2-3-9-16-14/h2-9,13H,10H2,1H3,(H,17,18). The Balaban J connectivity index is 2.19. The van der Waals surface area contributed by atoms with E-state index in [9.17, 15) is 9.90 Å². The molecule has 0 saturated carbocycles. The number of aliphatic carboxylic acids is 1. The van der Waals surface area contributed by atoms with Gasteiger partial charge in [0.15, 0.2) is 0 Å². The van der Waals surface area contributed by atoms with Gasteiger partial charge in [-0.15, -0.1) is 0 Å². The molecule has 0 bridgehead atoms. The Labute approximate surface area is 111 Å². The Kier molecular flexibility index (Phi) is 4.13. The third-order valence-corrected chi connectivity index (χ3v) is 2.94. The number of hydrogen-bond acceptors (Lipinski definition) is 3. The normalized spacial score (nSPS) is 11.8. The van der Waals surface area contributed by atoms with E-state index >= 15 is 0 Å². The molecule has 1 atom stereocenters. The van der Waals surface area contributed by atoms with Gasteiger partial charge in [-0.2, -0.15) is 0 Å². The predicted molar refractivity (Wildman–Crippen MR) is 71.3 cm³/mol. The monoisotopic (exact) mass is 257 g/mol. The number of methoxy groups -OCH3 is 1. The maximum Gasteiger partial charge on any atom is 0.312 e. The van der Waals surface area contributed by atoms with Crippen LogP contribution in [0.4, 0.5) is 0 Å². The molecule has 2 rings (SSSR count). The molecule has 19 heavy (non-hydrogen) atoms. The maximum atomic E-state index is 11.4. The van der Waals surface area contributed by atoms with Gasteiger partial charge in [-0.25, -0.2) is 0 Å². The maximum absolute atomic E-state index is 11.4. The lowest BCUT2D eigenvalue weighted by molar-refractivity contribution is -0.138. The van der Waals surface area contributed by atoms with Crippen molar-refractivity contribution in [1.29, 1.82) is 0 Å². The van der Waals surface area contributed by atoms with Crippen LogP contribution in [0.2, 0.25) is 0 Å². The number of ether oxygens (including phenoxy) is 1. The van der Waals surface area contributed by atoms with E-state index < -0.39 is 11.9 Å². The summed E-state index contributed by atoms with van der Waals surface area (Å²) in [4.78, 5) is 15.5. The Morgan fingerprint density at radius 1 is 1.26 bits per heavy atom. The zero-order valence-corrected chi connectivity index (χ0v) is 10.6. The number of rotatable bonds is 5. The van der Waals surface area contributed by atoms with Gasteiger partial charge in [0.25, 0.3) is 0 Å². The lowest BCUT2D eigenvalue weighted by atomic mass is 9.96. The van der Waals surface area contributed by atoms with E-state index in [-0.39, 0.29) is 0 Å². The first-order valence-electron chi connectivity index (χ1n) is 5.97. The second-order valence-electron chi connectivity index (χ2n) is 4.20. The van der Waals surface area contributed by atoms with Gasteiger partial charge < -0.3 is 9.84 Å². The van der Waals surface area contributed by atoms with Crippen LogP contribution in [0.25, 0.3) is 0 Å². The first-order valence-corrected chi connectivity index (χ1v) is 5.97. The molecule has 1 N–H and O–H groups in total. The van der Waals surface area contributed by atoms with Gasteiger partial charge in [0, 0.05) is 6.20 Å². The zero-order valence-electron chi connectivity index (χ0n) is 10.6. The van der Waals surface area contributed by atoms with Crippen LogP contribution >= 0.6 is 0 Å². The van der Waals surface area contributed by atoms with Crippen LogP contribution in [0.3, 0.4) is 0 Å². The van der Waals surface area contributed by atoms with Gasteiger partial charge >= 0.3 is 5.97 Å². The Hall–Kier alpha value is -2.36. The summed E-state index contributed by atoms with van der Waals surface area (Å²) in [7, 11) is 1.60. The van der Waals surface area contributed by atoms with E-state index in [4.69, 9.17) is 4.74 Å². The number of carboxylic acid groups (broad SMARTS) is 1. The van der Waals surface area contributed by atoms with Crippen molar-refractivity contribution in [3.8, 4) is 5.75 Å². The van der Waals surface area contributed by atoms with Gasteiger partial charge in [0.2, 0.25) is 0 Å². The van der Waals surface area contributed by atoms with Crippen molar-refractivity contribution < 1.29 is 14.6 Å². The molecule has 0 aliphatic heterocycles. The third kappa shape index (κ3) is 3.31. The van der Waals surface area contributed by atoms with Crippen LogP contribution in [0, 0.1) is 0 Å². The Morgan fingerprint density at radius 2 is 2.00 bits per heavy atom. The predicted octanol–water partition coefficient (Wildman–Crippen LogP) is 2.50. The summed E-state index contributed by atoms with van der Waals surface area (Å²) in [5.74, 6) is -0.738. The van der Waals surface area contributed by atoms with Crippen molar-refractivity contribution in [2.75, 3.05) is 7.11 Å². The quantitative estimate of drug-likeness (QED) is 0.894. The van der Waals surface area contributed by atoms with Crippen molar-refractivity contribution in [2.24, 2.45) is 0 Å². The van der Waals surface area contributed by atoms with Crippen LogP contribution < -0.4 is 4.74 Å². The average molecular weight is 257 g/mol. The summed E-state index contributed by atoms with van der Waals surface area (Å²) in [5.41, 5.74) is 1.52. The number of benzene rings is 1. The molecule has 0 aliphatic rings. The number of carbonyl (C=O) groups is 1. The van der Waals surface area contributed by atoms with Crippen LogP contribution in [0.1, 0.15) is 17.2 Å². The van der Waals surface area contributed by atoms with E-state index in [1.54, 1.807) is 31.5 Å². The highest BCUT2D eigenvalue weighted by Crippen LogP contribution is 2.21.